The lowest BCUT2D eigenvalue weighted by Gasteiger charge is -2.44. The highest BCUT2D eigenvalue weighted by Crippen LogP contribution is 2.38. The SMILES string of the molecule is Cc1noc(C)c1S(=O)(=O)N1CC[C@H](c2ccccc2)[C@H]2NCCCC[C@H]21. The van der Waals surface area contributed by atoms with Crippen molar-refractivity contribution in [1.29, 1.82) is 0 Å². The summed E-state index contributed by atoms with van der Waals surface area (Å²) in [6.45, 7) is 4.83. The van der Waals surface area contributed by atoms with Crippen LogP contribution in [0.2, 0.25) is 0 Å². The van der Waals surface area contributed by atoms with Crippen LogP contribution >= 0.6 is 0 Å². The quantitative estimate of drug-likeness (QED) is 0.873. The molecule has 1 aromatic heterocycles. The van der Waals surface area contributed by atoms with Crippen molar-refractivity contribution in [2.24, 2.45) is 0 Å². The Balaban J connectivity index is 1.72. The molecule has 0 spiro atoms. The largest absolute Gasteiger partial charge is 0.360 e. The summed E-state index contributed by atoms with van der Waals surface area (Å²) in [5.74, 6) is 0.696. The second kappa shape index (κ2) is 7.37. The summed E-state index contributed by atoms with van der Waals surface area (Å²) in [5.41, 5.74) is 1.73. The van der Waals surface area contributed by atoms with Crippen molar-refractivity contribution in [1.82, 2.24) is 14.8 Å². The molecule has 2 fully saturated rings. The molecule has 0 radical (unpaired) electrons. The van der Waals surface area contributed by atoms with E-state index in [-0.39, 0.29) is 17.0 Å². The highest BCUT2D eigenvalue weighted by atomic mass is 32.2. The summed E-state index contributed by atoms with van der Waals surface area (Å²) in [4.78, 5) is 0.239. The zero-order chi connectivity index (χ0) is 19.0. The maximum Gasteiger partial charge on any atom is 0.248 e. The van der Waals surface area contributed by atoms with Crippen LogP contribution in [0.4, 0.5) is 0 Å². The van der Waals surface area contributed by atoms with Gasteiger partial charge in [0.1, 0.15) is 10.6 Å². The number of aromatic nitrogens is 1. The number of rotatable bonds is 3. The number of nitrogens with one attached hydrogen (secondary N) is 1. The molecule has 3 heterocycles. The van der Waals surface area contributed by atoms with E-state index in [1.54, 1.807) is 18.2 Å². The van der Waals surface area contributed by atoms with Gasteiger partial charge in [-0.05, 0) is 45.2 Å². The molecule has 2 saturated heterocycles. The third-order valence-corrected chi connectivity index (χ3v) is 8.12. The van der Waals surface area contributed by atoms with Crippen molar-refractivity contribution in [2.75, 3.05) is 13.1 Å². The van der Waals surface area contributed by atoms with Gasteiger partial charge in [0.25, 0.3) is 0 Å². The number of nitrogens with zero attached hydrogens (tertiary/aromatic N) is 2. The molecule has 2 aliphatic heterocycles. The fourth-order valence-corrected chi connectivity index (χ4v) is 6.73. The van der Waals surface area contributed by atoms with Gasteiger partial charge in [0.05, 0.1) is 0 Å². The smallest absolute Gasteiger partial charge is 0.248 e. The fourth-order valence-electron chi connectivity index (χ4n) is 4.74. The van der Waals surface area contributed by atoms with Gasteiger partial charge in [0, 0.05) is 24.5 Å². The summed E-state index contributed by atoms with van der Waals surface area (Å²) < 4.78 is 33.9. The van der Waals surface area contributed by atoms with E-state index in [1.165, 1.54) is 5.56 Å². The van der Waals surface area contributed by atoms with E-state index in [2.05, 4.69) is 34.7 Å². The summed E-state index contributed by atoms with van der Waals surface area (Å²) >= 11 is 0. The van der Waals surface area contributed by atoms with E-state index in [9.17, 15) is 8.42 Å². The molecule has 0 amide bonds. The predicted octanol–water partition coefficient (Wildman–Crippen LogP) is 2.98. The molecule has 0 saturated carbocycles. The summed E-state index contributed by atoms with van der Waals surface area (Å²) in [7, 11) is -3.64. The number of benzene rings is 1. The van der Waals surface area contributed by atoms with Gasteiger partial charge in [-0.2, -0.15) is 4.31 Å². The van der Waals surface area contributed by atoms with E-state index in [1.807, 2.05) is 6.07 Å². The first-order valence-electron chi connectivity index (χ1n) is 9.73. The molecule has 4 rings (SSSR count). The van der Waals surface area contributed by atoms with Crippen LogP contribution in [0.15, 0.2) is 39.8 Å². The first-order chi connectivity index (χ1) is 13.0. The van der Waals surface area contributed by atoms with Gasteiger partial charge in [-0.15, -0.1) is 0 Å². The van der Waals surface area contributed by atoms with Crippen LogP contribution in [0.25, 0.3) is 0 Å². The van der Waals surface area contributed by atoms with Crippen LogP contribution in [0, 0.1) is 13.8 Å². The Hall–Kier alpha value is -1.70. The van der Waals surface area contributed by atoms with Gasteiger partial charge < -0.3 is 9.84 Å². The van der Waals surface area contributed by atoms with E-state index in [0.717, 1.165) is 32.2 Å². The fraction of sp³-hybridized carbons (Fsp3) is 0.550. The van der Waals surface area contributed by atoms with Gasteiger partial charge in [-0.3, -0.25) is 0 Å². The van der Waals surface area contributed by atoms with Crippen LogP contribution in [0.5, 0.6) is 0 Å². The summed E-state index contributed by atoms with van der Waals surface area (Å²) in [5, 5.41) is 7.53. The van der Waals surface area contributed by atoms with Crippen molar-refractivity contribution in [2.45, 2.75) is 62.4 Å². The van der Waals surface area contributed by atoms with Crippen molar-refractivity contribution in [3.05, 3.63) is 47.3 Å². The second-order valence-electron chi connectivity index (χ2n) is 7.62. The number of hydrogen-bond donors (Lipinski definition) is 1. The van der Waals surface area contributed by atoms with Gasteiger partial charge in [0.2, 0.25) is 10.0 Å². The second-order valence-corrected chi connectivity index (χ2v) is 9.45. The molecule has 1 N–H and O–H groups in total. The number of hydrogen-bond acceptors (Lipinski definition) is 5. The first kappa shape index (κ1) is 18.7. The molecule has 7 heteroatoms. The number of sulfonamides is 1. The molecular weight excluding hydrogens is 362 g/mol. The minimum Gasteiger partial charge on any atom is -0.360 e. The Morgan fingerprint density at radius 3 is 2.63 bits per heavy atom. The Bertz CT molecular complexity index is 875. The van der Waals surface area contributed by atoms with Gasteiger partial charge in [-0.25, -0.2) is 8.42 Å². The van der Waals surface area contributed by atoms with Gasteiger partial charge in [-0.1, -0.05) is 41.9 Å². The maximum atomic E-state index is 13.5. The number of aryl methyl sites for hydroxylation is 2. The normalized spacial score (nSPS) is 27.1. The van der Waals surface area contributed by atoms with Crippen molar-refractivity contribution in [3.8, 4) is 0 Å². The minimum atomic E-state index is -3.64. The van der Waals surface area contributed by atoms with E-state index in [4.69, 9.17) is 4.52 Å². The monoisotopic (exact) mass is 389 g/mol. The third-order valence-electron chi connectivity index (χ3n) is 5.95. The van der Waals surface area contributed by atoms with Crippen LogP contribution in [-0.4, -0.2) is 43.1 Å². The van der Waals surface area contributed by atoms with Gasteiger partial charge in [0.15, 0.2) is 5.76 Å². The molecule has 2 aromatic rings. The highest BCUT2D eigenvalue weighted by molar-refractivity contribution is 7.89. The van der Waals surface area contributed by atoms with Crippen molar-refractivity contribution >= 4 is 10.0 Å². The standard InChI is InChI=1S/C20H27N3O3S/c1-14-20(15(2)26-22-14)27(24,25)23-13-11-17(16-8-4-3-5-9-16)19-18(23)10-6-7-12-21-19/h3-5,8-9,17-19,21H,6-7,10-13H2,1-2H3/t17-,18-,19-/m1/s1. The first-order valence-corrected chi connectivity index (χ1v) is 11.2. The average molecular weight is 390 g/mol. The lowest BCUT2D eigenvalue weighted by Crippen LogP contribution is -2.58. The van der Waals surface area contributed by atoms with E-state index < -0.39 is 10.0 Å². The molecule has 146 valence electrons. The molecule has 6 nitrogen and oxygen atoms in total. The van der Waals surface area contributed by atoms with Crippen LogP contribution < -0.4 is 5.32 Å². The molecule has 2 aliphatic rings. The summed E-state index contributed by atoms with van der Waals surface area (Å²) in [6.07, 6.45) is 3.79. The van der Waals surface area contributed by atoms with Gasteiger partial charge >= 0.3 is 0 Å². The Morgan fingerprint density at radius 1 is 1.15 bits per heavy atom. The minimum absolute atomic E-state index is 0.0508. The van der Waals surface area contributed by atoms with Crippen molar-refractivity contribution < 1.29 is 12.9 Å². The molecular formula is C20H27N3O3S. The number of fused-ring (bicyclic) bond motifs is 1. The number of piperidine rings is 1. The lowest BCUT2D eigenvalue weighted by molar-refractivity contribution is 0.175. The Kier molecular flexibility index (Phi) is 5.09. The predicted molar refractivity (Wildman–Crippen MR) is 103 cm³/mol. The Morgan fingerprint density at radius 2 is 1.93 bits per heavy atom. The Labute approximate surface area is 161 Å². The molecule has 1 aromatic carbocycles. The molecule has 3 atom stereocenters. The van der Waals surface area contributed by atoms with E-state index >= 15 is 0 Å². The van der Waals surface area contributed by atoms with E-state index in [0.29, 0.717) is 23.9 Å². The van der Waals surface area contributed by atoms with Crippen LogP contribution in [-0.2, 0) is 10.0 Å². The average Bonchev–Trinajstić information content (AvgIpc) is 2.86. The molecule has 0 unspecified atom stereocenters. The van der Waals surface area contributed by atoms with Crippen LogP contribution in [0.3, 0.4) is 0 Å². The zero-order valence-electron chi connectivity index (χ0n) is 15.9. The third kappa shape index (κ3) is 3.32. The molecule has 0 aliphatic carbocycles. The maximum absolute atomic E-state index is 13.5. The zero-order valence-corrected chi connectivity index (χ0v) is 16.7. The molecule has 0 bridgehead atoms. The topological polar surface area (TPSA) is 75.4 Å². The summed E-state index contributed by atoms with van der Waals surface area (Å²) in [6, 6.07) is 10.5. The highest BCUT2D eigenvalue weighted by Gasteiger charge is 2.45. The lowest BCUT2D eigenvalue weighted by atomic mass is 9.81. The van der Waals surface area contributed by atoms with Crippen molar-refractivity contribution in [3.63, 3.8) is 0 Å². The molecule has 27 heavy (non-hydrogen) atoms. The van der Waals surface area contributed by atoms with Crippen LogP contribution in [0.1, 0.15) is 48.6 Å².